The van der Waals surface area contributed by atoms with Crippen LogP contribution in [0.1, 0.15) is 11.3 Å². The van der Waals surface area contributed by atoms with Gasteiger partial charge in [0.2, 0.25) is 5.89 Å². The molecule has 0 amide bonds. The lowest BCUT2D eigenvalue weighted by Gasteiger charge is -2.31. The largest absolute Gasteiger partial charge is 0.444 e. The number of halogens is 1. The van der Waals surface area contributed by atoms with Gasteiger partial charge in [-0.2, -0.15) is 0 Å². The first-order valence-electron chi connectivity index (χ1n) is 8.60. The number of ether oxygens (including phenoxy) is 1. The number of hydrogen-bond donors (Lipinski definition) is 1. The minimum Gasteiger partial charge on any atom is -0.444 e. The third kappa shape index (κ3) is 3.94. The lowest BCUT2D eigenvalue weighted by atomic mass is 10.1. The Morgan fingerprint density at radius 3 is 2.85 bits per heavy atom. The third-order valence-corrected chi connectivity index (χ3v) is 5.55. The number of anilines is 1. The van der Waals surface area contributed by atoms with Crippen LogP contribution in [0.5, 0.6) is 0 Å². The molecule has 0 bridgehead atoms. The van der Waals surface area contributed by atoms with Crippen LogP contribution >= 0.6 is 22.9 Å². The number of nitrogens with zero attached hydrogens (tertiary/aromatic N) is 2. The summed E-state index contributed by atoms with van der Waals surface area (Å²) in [5, 5.41) is 6.23. The van der Waals surface area contributed by atoms with Crippen molar-refractivity contribution in [2.24, 2.45) is 0 Å². The highest BCUT2D eigenvalue weighted by Gasteiger charge is 2.16. The van der Waals surface area contributed by atoms with E-state index in [1.54, 1.807) is 17.6 Å². The number of aromatic nitrogens is 1. The summed E-state index contributed by atoms with van der Waals surface area (Å²) in [7, 11) is 0. The average Bonchev–Trinajstić information content (AvgIpc) is 3.35. The van der Waals surface area contributed by atoms with E-state index in [-0.39, 0.29) is 0 Å². The second-order valence-corrected chi connectivity index (χ2v) is 7.42. The van der Waals surface area contributed by atoms with E-state index in [1.807, 2.05) is 29.6 Å². The maximum absolute atomic E-state index is 6.47. The number of benzene rings is 1. The van der Waals surface area contributed by atoms with E-state index in [4.69, 9.17) is 20.8 Å². The summed E-state index contributed by atoms with van der Waals surface area (Å²) < 4.78 is 11.0. The van der Waals surface area contributed by atoms with Gasteiger partial charge in [0.25, 0.3) is 0 Å². The Kier molecular flexibility index (Phi) is 5.55. The summed E-state index contributed by atoms with van der Waals surface area (Å²) in [6.07, 6.45) is 1.71. The molecule has 1 aliphatic rings. The summed E-state index contributed by atoms with van der Waals surface area (Å²) in [4.78, 5) is 7.91. The predicted molar refractivity (Wildman–Crippen MR) is 105 cm³/mol. The molecule has 1 fully saturated rings. The molecule has 136 valence electrons. The lowest BCUT2D eigenvalue weighted by Crippen LogP contribution is -2.37. The molecule has 4 rings (SSSR count). The number of rotatable bonds is 6. The highest BCUT2D eigenvalue weighted by atomic mass is 35.5. The second kappa shape index (κ2) is 8.22. The Morgan fingerprint density at radius 1 is 1.15 bits per heavy atom. The van der Waals surface area contributed by atoms with Crippen LogP contribution < -0.4 is 10.2 Å². The van der Waals surface area contributed by atoms with Gasteiger partial charge in [0.05, 0.1) is 23.8 Å². The molecule has 0 unspecified atom stereocenters. The fourth-order valence-corrected chi connectivity index (χ4v) is 3.93. The number of morpholine rings is 1. The third-order valence-electron chi connectivity index (χ3n) is 4.34. The van der Waals surface area contributed by atoms with Crippen LogP contribution in [-0.4, -0.2) is 31.3 Å². The quantitative estimate of drug-likeness (QED) is 0.685. The first-order chi connectivity index (χ1) is 12.8. The van der Waals surface area contributed by atoms with Gasteiger partial charge in [-0.05, 0) is 23.6 Å². The molecule has 3 aromatic rings. The standard InChI is InChI=1S/C19H20ClN3O2S/c20-16-3-1-4-17(23-6-8-24-9-7-23)15(16)12-21-11-14-13-25-19(22-14)18-5-2-10-26-18/h1-5,10,13,21H,6-9,11-12H2. The van der Waals surface area contributed by atoms with E-state index in [0.29, 0.717) is 19.0 Å². The number of nitrogens with one attached hydrogen (secondary N) is 1. The van der Waals surface area contributed by atoms with E-state index < -0.39 is 0 Å². The summed E-state index contributed by atoms with van der Waals surface area (Å²) in [5.41, 5.74) is 3.17. The van der Waals surface area contributed by atoms with Crippen molar-refractivity contribution in [2.45, 2.75) is 13.1 Å². The fraction of sp³-hybridized carbons (Fsp3) is 0.316. The van der Waals surface area contributed by atoms with E-state index in [1.165, 1.54) is 5.69 Å². The predicted octanol–water partition coefficient (Wildman–Crippen LogP) is 4.18. The zero-order valence-electron chi connectivity index (χ0n) is 14.3. The van der Waals surface area contributed by atoms with Crippen LogP contribution in [0.15, 0.2) is 46.4 Å². The Bertz CT molecular complexity index is 844. The lowest BCUT2D eigenvalue weighted by molar-refractivity contribution is 0.122. The zero-order valence-corrected chi connectivity index (χ0v) is 15.9. The van der Waals surface area contributed by atoms with Gasteiger partial charge in [-0.15, -0.1) is 11.3 Å². The topological polar surface area (TPSA) is 50.5 Å². The van der Waals surface area contributed by atoms with E-state index in [2.05, 4.69) is 21.3 Å². The molecule has 1 aliphatic heterocycles. The molecule has 5 nitrogen and oxygen atoms in total. The molecule has 7 heteroatoms. The first-order valence-corrected chi connectivity index (χ1v) is 9.86. The molecule has 1 saturated heterocycles. The average molecular weight is 390 g/mol. The second-order valence-electron chi connectivity index (χ2n) is 6.06. The Balaban J connectivity index is 1.42. The molecule has 0 spiro atoms. The molecular weight excluding hydrogens is 370 g/mol. The van der Waals surface area contributed by atoms with E-state index >= 15 is 0 Å². The van der Waals surface area contributed by atoms with Crippen LogP contribution in [0.25, 0.3) is 10.8 Å². The maximum Gasteiger partial charge on any atom is 0.236 e. The highest BCUT2D eigenvalue weighted by Crippen LogP contribution is 2.28. The molecule has 2 aromatic heterocycles. The van der Waals surface area contributed by atoms with Crippen LogP contribution in [0.4, 0.5) is 5.69 Å². The molecule has 0 saturated carbocycles. The summed E-state index contributed by atoms with van der Waals surface area (Å²) in [5.74, 6) is 0.670. The van der Waals surface area contributed by atoms with Gasteiger partial charge in [-0.3, -0.25) is 0 Å². The minimum absolute atomic E-state index is 0.628. The van der Waals surface area contributed by atoms with Crippen molar-refractivity contribution in [3.05, 3.63) is 58.3 Å². The fourth-order valence-electron chi connectivity index (χ4n) is 3.04. The van der Waals surface area contributed by atoms with Crippen molar-refractivity contribution in [3.8, 4) is 10.8 Å². The van der Waals surface area contributed by atoms with Crippen molar-refractivity contribution in [1.29, 1.82) is 0 Å². The van der Waals surface area contributed by atoms with Gasteiger partial charge in [0.1, 0.15) is 6.26 Å². The van der Waals surface area contributed by atoms with E-state index in [9.17, 15) is 0 Å². The highest BCUT2D eigenvalue weighted by molar-refractivity contribution is 7.13. The maximum atomic E-state index is 6.47. The molecule has 26 heavy (non-hydrogen) atoms. The normalized spacial score (nSPS) is 14.7. The van der Waals surface area contributed by atoms with Gasteiger partial charge < -0.3 is 19.4 Å². The van der Waals surface area contributed by atoms with Crippen LogP contribution in [0, 0.1) is 0 Å². The number of hydrogen-bond acceptors (Lipinski definition) is 6. The number of oxazole rings is 1. The zero-order chi connectivity index (χ0) is 17.8. The first kappa shape index (κ1) is 17.5. The molecule has 3 heterocycles. The smallest absolute Gasteiger partial charge is 0.236 e. The monoisotopic (exact) mass is 389 g/mol. The van der Waals surface area contributed by atoms with Crippen molar-refractivity contribution in [2.75, 3.05) is 31.2 Å². The van der Waals surface area contributed by atoms with Gasteiger partial charge in [0, 0.05) is 42.5 Å². The Hall–Kier alpha value is -1.86. The van der Waals surface area contributed by atoms with Gasteiger partial charge in [0.15, 0.2) is 0 Å². The van der Waals surface area contributed by atoms with Gasteiger partial charge in [-0.1, -0.05) is 23.7 Å². The molecule has 1 N–H and O–H groups in total. The Morgan fingerprint density at radius 2 is 2.04 bits per heavy atom. The van der Waals surface area contributed by atoms with E-state index in [0.717, 1.165) is 47.5 Å². The van der Waals surface area contributed by atoms with Crippen molar-refractivity contribution >= 4 is 28.6 Å². The number of thiophene rings is 1. The van der Waals surface area contributed by atoms with Crippen LogP contribution in [0.3, 0.4) is 0 Å². The summed E-state index contributed by atoms with van der Waals surface area (Å²) >= 11 is 8.09. The van der Waals surface area contributed by atoms with Crippen molar-refractivity contribution in [1.82, 2.24) is 10.3 Å². The molecule has 0 aliphatic carbocycles. The SMILES string of the molecule is Clc1cccc(N2CCOCC2)c1CNCc1coc(-c2cccs2)n1. The van der Waals surface area contributed by atoms with Gasteiger partial charge in [-0.25, -0.2) is 4.98 Å². The summed E-state index contributed by atoms with van der Waals surface area (Å²) in [6.45, 7) is 4.59. The molecule has 0 atom stereocenters. The van der Waals surface area contributed by atoms with Crippen LogP contribution in [0.2, 0.25) is 5.02 Å². The van der Waals surface area contributed by atoms with Crippen LogP contribution in [-0.2, 0) is 17.8 Å². The van der Waals surface area contributed by atoms with Crippen molar-refractivity contribution < 1.29 is 9.15 Å². The summed E-state index contributed by atoms with van der Waals surface area (Å²) in [6, 6.07) is 10.1. The minimum atomic E-state index is 0.628. The molecule has 0 radical (unpaired) electrons. The molecule has 1 aromatic carbocycles. The Labute approximate surface area is 161 Å². The van der Waals surface area contributed by atoms with Gasteiger partial charge >= 0.3 is 0 Å². The van der Waals surface area contributed by atoms with Crippen molar-refractivity contribution in [3.63, 3.8) is 0 Å². The molecular formula is C19H20ClN3O2S.